The average Bonchev–Trinajstić information content (AvgIpc) is 2.33. The van der Waals surface area contributed by atoms with E-state index >= 15 is 0 Å². The van der Waals surface area contributed by atoms with Gasteiger partial charge in [0.15, 0.2) is 0 Å². The van der Waals surface area contributed by atoms with E-state index in [1.807, 2.05) is 0 Å². The van der Waals surface area contributed by atoms with Crippen LogP contribution >= 0.6 is 0 Å². The molecule has 2 rings (SSSR count). The Morgan fingerprint density at radius 1 is 0.625 bits per heavy atom. The summed E-state index contributed by atoms with van der Waals surface area (Å²) in [6.45, 7) is 19.8. The molecule has 0 heterocycles. The molecular formula is C22H32OSi. The fraction of sp³-hybridized carbons (Fsp3) is 0.455. The van der Waals surface area contributed by atoms with Gasteiger partial charge in [0.2, 0.25) is 9.04 Å². The summed E-state index contributed by atoms with van der Waals surface area (Å²) in [7, 11) is -1.77. The maximum absolute atomic E-state index is 6.75. The zero-order valence-electron chi connectivity index (χ0n) is 16.8. The first-order chi connectivity index (χ1) is 11.0. The van der Waals surface area contributed by atoms with Gasteiger partial charge in [-0.2, -0.15) is 0 Å². The second kappa shape index (κ2) is 6.85. The topological polar surface area (TPSA) is 9.23 Å². The van der Waals surface area contributed by atoms with Crippen molar-refractivity contribution in [3.8, 4) is 0 Å². The van der Waals surface area contributed by atoms with Crippen molar-refractivity contribution in [3.05, 3.63) is 57.6 Å². The monoisotopic (exact) mass is 340 g/mol. The molecule has 0 spiro atoms. The SMILES string of the molecule is Cc1cc(C)c([SiH](OC(C)(C)C)c2c(C)cc(C)cc2C)c(C)c1. The van der Waals surface area contributed by atoms with Crippen molar-refractivity contribution >= 4 is 19.4 Å². The van der Waals surface area contributed by atoms with E-state index in [-0.39, 0.29) is 5.60 Å². The lowest BCUT2D eigenvalue weighted by Crippen LogP contribution is -2.53. The van der Waals surface area contributed by atoms with E-state index in [2.05, 4.69) is 86.6 Å². The highest BCUT2D eigenvalue weighted by atomic mass is 28.3. The summed E-state index contributed by atoms with van der Waals surface area (Å²) in [6, 6.07) is 9.20. The second-order valence-corrected chi connectivity index (χ2v) is 10.4. The molecule has 130 valence electrons. The molecule has 0 aromatic heterocycles. The molecule has 0 N–H and O–H groups in total. The van der Waals surface area contributed by atoms with Gasteiger partial charge < -0.3 is 4.43 Å². The Kier molecular flexibility index (Phi) is 5.41. The van der Waals surface area contributed by atoms with Crippen LogP contribution in [0.3, 0.4) is 0 Å². The molecule has 24 heavy (non-hydrogen) atoms. The zero-order valence-corrected chi connectivity index (χ0v) is 17.9. The van der Waals surface area contributed by atoms with Gasteiger partial charge in [-0.15, -0.1) is 0 Å². The molecule has 0 unspecified atom stereocenters. The molecule has 2 aromatic rings. The minimum absolute atomic E-state index is 0.148. The largest absolute Gasteiger partial charge is 0.406 e. The van der Waals surface area contributed by atoms with Crippen LogP contribution in [0.25, 0.3) is 0 Å². The first-order valence-electron chi connectivity index (χ1n) is 8.83. The Morgan fingerprint density at radius 3 is 1.17 bits per heavy atom. The van der Waals surface area contributed by atoms with Gasteiger partial charge in [-0.1, -0.05) is 35.4 Å². The van der Waals surface area contributed by atoms with E-state index in [0.717, 1.165) is 0 Å². The summed E-state index contributed by atoms with van der Waals surface area (Å²) in [4.78, 5) is 0. The van der Waals surface area contributed by atoms with E-state index in [4.69, 9.17) is 4.43 Å². The predicted octanol–water partition coefficient (Wildman–Crippen LogP) is 4.19. The van der Waals surface area contributed by atoms with Gasteiger partial charge in [-0.05, 0) is 94.9 Å². The Hall–Kier alpha value is -1.38. The van der Waals surface area contributed by atoms with Crippen LogP contribution in [0.2, 0.25) is 0 Å². The molecule has 0 aliphatic rings. The minimum atomic E-state index is -1.77. The highest BCUT2D eigenvalue weighted by molar-refractivity contribution is 6.81. The van der Waals surface area contributed by atoms with Gasteiger partial charge >= 0.3 is 0 Å². The maximum atomic E-state index is 6.75. The van der Waals surface area contributed by atoms with Crippen molar-refractivity contribution < 1.29 is 4.43 Å². The Labute approximate surface area is 149 Å². The molecule has 0 aliphatic carbocycles. The summed E-state index contributed by atoms with van der Waals surface area (Å²) >= 11 is 0. The molecule has 0 radical (unpaired) electrons. The van der Waals surface area contributed by atoms with Crippen molar-refractivity contribution in [2.75, 3.05) is 0 Å². The van der Waals surface area contributed by atoms with Crippen LogP contribution in [-0.2, 0) is 4.43 Å². The van der Waals surface area contributed by atoms with Crippen LogP contribution in [0.15, 0.2) is 24.3 Å². The standard InChI is InChI=1S/C22H32OSi/c1-14-10-16(3)20(17(4)11-14)24(23-22(7,8)9)21-18(5)12-15(2)13-19(21)6/h10-13,24H,1-9H3. The summed E-state index contributed by atoms with van der Waals surface area (Å²) in [5.41, 5.74) is 7.98. The Balaban J connectivity index is 2.73. The fourth-order valence-corrected chi connectivity index (χ4v) is 7.04. The van der Waals surface area contributed by atoms with Crippen LogP contribution in [-0.4, -0.2) is 14.6 Å². The number of rotatable bonds is 3. The summed E-state index contributed by atoms with van der Waals surface area (Å²) in [6.07, 6.45) is 0. The smallest absolute Gasteiger partial charge is 0.241 e. The molecule has 0 atom stereocenters. The highest BCUT2D eigenvalue weighted by Crippen LogP contribution is 2.17. The third kappa shape index (κ3) is 4.17. The Morgan fingerprint density at radius 2 is 0.917 bits per heavy atom. The number of aryl methyl sites for hydroxylation is 6. The second-order valence-electron chi connectivity index (χ2n) is 8.24. The minimum Gasteiger partial charge on any atom is -0.406 e. The molecule has 2 heteroatoms. The quantitative estimate of drug-likeness (QED) is 0.761. The summed E-state index contributed by atoms with van der Waals surface area (Å²) in [5.74, 6) is 0. The van der Waals surface area contributed by atoms with Gasteiger partial charge in [0, 0.05) is 5.60 Å². The average molecular weight is 341 g/mol. The molecular weight excluding hydrogens is 308 g/mol. The van der Waals surface area contributed by atoms with Crippen LogP contribution in [0.4, 0.5) is 0 Å². The van der Waals surface area contributed by atoms with Gasteiger partial charge in [0.25, 0.3) is 0 Å². The third-order valence-corrected chi connectivity index (χ3v) is 8.28. The lowest BCUT2D eigenvalue weighted by Gasteiger charge is -2.31. The predicted molar refractivity (Wildman–Crippen MR) is 109 cm³/mol. The first-order valence-corrected chi connectivity index (χ1v) is 10.5. The molecule has 2 aromatic carbocycles. The lowest BCUT2D eigenvalue weighted by molar-refractivity contribution is 0.136. The Bertz CT molecular complexity index is 650. The molecule has 1 nitrogen and oxygen atoms in total. The van der Waals surface area contributed by atoms with Crippen molar-refractivity contribution in [1.29, 1.82) is 0 Å². The first kappa shape index (κ1) is 18.9. The number of benzene rings is 2. The van der Waals surface area contributed by atoms with Gasteiger partial charge in [-0.3, -0.25) is 0 Å². The maximum Gasteiger partial charge on any atom is 0.241 e. The van der Waals surface area contributed by atoms with Crippen molar-refractivity contribution in [3.63, 3.8) is 0 Å². The van der Waals surface area contributed by atoms with Crippen LogP contribution in [0.5, 0.6) is 0 Å². The van der Waals surface area contributed by atoms with E-state index < -0.39 is 9.04 Å². The van der Waals surface area contributed by atoms with Crippen LogP contribution in [0, 0.1) is 41.5 Å². The summed E-state index contributed by atoms with van der Waals surface area (Å²) in [5, 5.41) is 2.90. The highest BCUT2D eigenvalue weighted by Gasteiger charge is 2.29. The molecule has 0 fully saturated rings. The molecule has 0 amide bonds. The van der Waals surface area contributed by atoms with E-state index in [1.165, 1.54) is 43.8 Å². The van der Waals surface area contributed by atoms with Crippen LogP contribution in [0.1, 0.15) is 54.2 Å². The number of hydrogen-bond donors (Lipinski definition) is 0. The van der Waals surface area contributed by atoms with Gasteiger partial charge in [-0.25, -0.2) is 0 Å². The zero-order chi connectivity index (χ0) is 18.2. The fourth-order valence-electron chi connectivity index (χ4n) is 3.83. The lowest BCUT2D eigenvalue weighted by atomic mass is 10.1. The molecule has 0 bridgehead atoms. The molecule has 0 saturated heterocycles. The number of hydrogen-bond acceptors (Lipinski definition) is 1. The van der Waals surface area contributed by atoms with Gasteiger partial charge in [0.1, 0.15) is 0 Å². The van der Waals surface area contributed by atoms with Crippen molar-refractivity contribution in [2.45, 2.75) is 67.9 Å². The normalized spacial score (nSPS) is 12.1. The molecule has 0 aliphatic heterocycles. The summed E-state index contributed by atoms with van der Waals surface area (Å²) < 4.78 is 6.75. The van der Waals surface area contributed by atoms with Crippen molar-refractivity contribution in [1.82, 2.24) is 0 Å². The van der Waals surface area contributed by atoms with Crippen molar-refractivity contribution in [2.24, 2.45) is 0 Å². The van der Waals surface area contributed by atoms with E-state index in [1.54, 1.807) is 0 Å². The third-order valence-electron chi connectivity index (χ3n) is 4.47. The van der Waals surface area contributed by atoms with E-state index in [9.17, 15) is 0 Å². The van der Waals surface area contributed by atoms with Gasteiger partial charge in [0.05, 0.1) is 0 Å². The van der Waals surface area contributed by atoms with E-state index in [0.29, 0.717) is 0 Å². The van der Waals surface area contributed by atoms with Crippen LogP contribution < -0.4 is 10.4 Å². The molecule has 0 saturated carbocycles.